The van der Waals surface area contributed by atoms with Crippen LogP contribution < -0.4 is 0 Å². The van der Waals surface area contributed by atoms with Crippen molar-refractivity contribution < 1.29 is 35.5 Å². The Morgan fingerprint density at radius 2 is 1.53 bits per heavy atom. The largest absolute Gasteiger partial charge is 0.489 e. The van der Waals surface area contributed by atoms with Gasteiger partial charge in [0, 0.05) is 23.4 Å². The molecule has 178 valence electrons. The second-order valence-corrected chi connectivity index (χ2v) is 7.98. The Labute approximate surface area is 190 Å². The molecule has 2 atom stereocenters. The molecule has 0 unspecified atom stereocenters. The van der Waals surface area contributed by atoms with Gasteiger partial charge in [0.1, 0.15) is 17.7 Å². The fourth-order valence-electron chi connectivity index (χ4n) is 4.15. The van der Waals surface area contributed by atoms with Crippen LogP contribution in [0.25, 0.3) is 5.76 Å². The first kappa shape index (κ1) is 23.8. The summed E-state index contributed by atoms with van der Waals surface area (Å²) in [5.74, 6) is -1.24. The number of fused-ring (bicyclic) bond motifs is 1. The van der Waals surface area contributed by atoms with Crippen LogP contribution in [-0.2, 0) is 23.5 Å². The van der Waals surface area contributed by atoms with Crippen molar-refractivity contribution in [2.75, 3.05) is 0 Å². The third-order valence-corrected chi connectivity index (χ3v) is 5.73. The van der Waals surface area contributed by atoms with E-state index in [1.165, 1.54) is 12.1 Å². The maximum absolute atomic E-state index is 13.5. The van der Waals surface area contributed by atoms with Gasteiger partial charge >= 0.3 is 12.4 Å². The molecule has 0 saturated heterocycles. The van der Waals surface area contributed by atoms with E-state index < -0.39 is 46.9 Å². The van der Waals surface area contributed by atoms with Crippen molar-refractivity contribution in [1.82, 2.24) is 4.98 Å². The maximum atomic E-state index is 13.5. The molecule has 0 N–H and O–H groups in total. The van der Waals surface area contributed by atoms with Crippen LogP contribution in [0.5, 0.6) is 0 Å². The summed E-state index contributed by atoms with van der Waals surface area (Å²) in [4.78, 5) is 4.36. The van der Waals surface area contributed by atoms with Crippen LogP contribution >= 0.6 is 0 Å². The predicted molar refractivity (Wildman–Crippen MR) is 111 cm³/mol. The number of alkyl halides is 6. The molecule has 4 rings (SSSR count). The second-order valence-electron chi connectivity index (χ2n) is 7.98. The number of hydrogen-bond acceptors (Lipinski definition) is 2. The second kappa shape index (κ2) is 8.77. The molecular formula is C25H18F7NO. The summed E-state index contributed by atoms with van der Waals surface area (Å²) in [6, 6.07) is 10.4. The molecule has 0 spiro atoms. The van der Waals surface area contributed by atoms with Crippen LogP contribution in [0.4, 0.5) is 30.7 Å². The minimum atomic E-state index is -4.98. The zero-order chi connectivity index (χ0) is 24.7. The first-order chi connectivity index (χ1) is 15.9. The van der Waals surface area contributed by atoms with Gasteiger partial charge in [-0.05, 0) is 60.4 Å². The van der Waals surface area contributed by atoms with Gasteiger partial charge in [-0.3, -0.25) is 4.98 Å². The number of aryl methyl sites for hydroxylation is 1. The normalized spacial score (nSPS) is 18.3. The number of aromatic nitrogens is 1. The van der Waals surface area contributed by atoms with E-state index in [0.717, 1.165) is 11.3 Å². The van der Waals surface area contributed by atoms with E-state index in [1.807, 2.05) is 6.07 Å². The van der Waals surface area contributed by atoms with E-state index in [4.69, 9.17) is 4.74 Å². The Bertz CT molecular complexity index is 1170. The minimum Gasteiger partial charge on any atom is -0.489 e. The quantitative estimate of drug-likeness (QED) is 0.286. The molecule has 0 saturated carbocycles. The summed E-state index contributed by atoms with van der Waals surface area (Å²) in [7, 11) is 0. The summed E-state index contributed by atoms with van der Waals surface area (Å²) in [5.41, 5.74) is -1.06. The first-order valence-corrected chi connectivity index (χ1v) is 10.3. The van der Waals surface area contributed by atoms with Gasteiger partial charge in [0.05, 0.1) is 11.1 Å². The predicted octanol–water partition coefficient (Wildman–Crippen LogP) is 7.39. The monoisotopic (exact) mass is 481 g/mol. The van der Waals surface area contributed by atoms with Crippen molar-refractivity contribution >= 4 is 5.76 Å². The number of hydrogen-bond donors (Lipinski definition) is 0. The molecule has 1 heterocycles. The number of benzene rings is 2. The van der Waals surface area contributed by atoms with Gasteiger partial charge in [-0.2, -0.15) is 26.3 Å². The van der Waals surface area contributed by atoms with Crippen molar-refractivity contribution in [1.29, 1.82) is 0 Å². The minimum absolute atomic E-state index is 0.0562. The highest BCUT2D eigenvalue weighted by Crippen LogP contribution is 2.41. The van der Waals surface area contributed by atoms with Gasteiger partial charge in [-0.1, -0.05) is 24.8 Å². The van der Waals surface area contributed by atoms with Crippen LogP contribution in [0.1, 0.15) is 45.8 Å². The van der Waals surface area contributed by atoms with Crippen LogP contribution in [-0.4, -0.2) is 11.1 Å². The highest BCUT2D eigenvalue weighted by atomic mass is 19.4. The third-order valence-electron chi connectivity index (χ3n) is 5.73. The number of ether oxygens (including phenoxy) is 1. The number of rotatable bonds is 4. The Morgan fingerprint density at radius 3 is 2.12 bits per heavy atom. The van der Waals surface area contributed by atoms with Crippen molar-refractivity contribution in [2.45, 2.75) is 37.2 Å². The van der Waals surface area contributed by atoms with Gasteiger partial charge in [0.15, 0.2) is 0 Å². The SMILES string of the molecule is C=C(O[C@H]1CCc2ncccc2[C@H]1c1ccc(F)cc1)c1cc(C(F)(F)F)cc(C(F)(F)F)c1. The Kier molecular flexibility index (Phi) is 6.14. The molecule has 0 aliphatic heterocycles. The van der Waals surface area contributed by atoms with Gasteiger partial charge < -0.3 is 4.74 Å². The van der Waals surface area contributed by atoms with Gasteiger partial charge in [0.25, 0.3) is 0 Å². The lowest BCUT2D eigenvalue weighted by atomic mass is 9.79. The molecule has 0 amide bonds. The number of pyridine rings is 1. The molecule has 2 aromatic carbocycles. The molecular weight excluding hydrogens is 463 g/mol. The van der Waals surface area contributed by atoms with E-state index in [0.29, 0.717) is 30.5 Å². The van der Waals surface area contributed by atoms with Crippen LogP contribution in [0.15, 0.2) is 67.4 Å². The highest BCUT2D eigenvalue weighted by molar-refractivity contribution is 5.60. The average Bonchev–Trinajstić information content (AvgIpc) is 2.78. The summed E-state index contributed by atoms with van der Waals surface area (Å²) in [6.07, 6.45) is -8.14. The van der Waals surface area contributed by atoms with E-state index in [-0.39, 0.29) is 11.8 Å². The zero-order valence-corrected chi connectivity index (χ0v) is 17.6. The molecule has 9 heteroatoms. The van der Waals surface area contributed by atoms with Crippen molar-refractivity contribution in [3.05, 3.63) is 107 Å². The molecule has 0 bridgehead atoms. The molecule has 34 heavy (non-hydrogen) atoms. The molecule has 0 fully saturated rings. The molecule has 0 radical (unpaired) electrons. The summed E-state index contributed by atoms with van der Waals surface area (Å²) in [5, 5.41) is 0. The number of halogens is 7. The first-order valence-electron chi connectivity index (χ1n) is 10.3. The fourth-order valence-corrected chi connectivity index (χ4v) is 4.15. The van der Waals surface area contributed by atoms with Crippen LogP contribution in [0.3, 0.4) is 0 Å². The lowest BCUT2D eigenvalue weighted by molar-refractivity contribution is -0.143. The molecule has 3 aromatic rings. The van der Waals surface area contributed by atoms with Crippen molar-refractivity contribution in [2.24, 2.45) is 0 Å². The molecule has 1 aliphatic rings. The van der Waals surface area contributed by atoms with E-state index in [9.17, 15) is 30.7 Å². The lowest BCUT2D eigenvalue weighted by Gasteiger charge is -2.34. The molecule has 1 aromatic heterocycles. The van der Waals surface area contributed by atoms with E-state index >= 15 is 0 Å². The standard InChI is InChI=1S/C25H18F7NO/c1-14(16-11-17(24(27,28)29)13-18(12-16)25(30,31)32)34-22-9-8-21-20(3-2-10-33-21)23(22)15-4-6-19(26)7-5-15/h2-7,10-13,22-23H,1,8-9H2/t22-,23+/m0/s1. The summed E-state index contributed by atoms with van der Waals surface area (Å²) in [6.45, 7) is 3.63. The Balaban J connectivity index is 1.71. The van der Waals surface area contributed by atoms with Crippen LogP contribution in [0, 0.1) is 5.82 Å². The smallest absolute Gasteiger partial charge is 0.416 e. The lowest BCUT2D eigenvalue weighted by Crippen LogP contribution is -2.29. The average molecular weight is 481 g/mol. The van der Waals surface area contributed by atoms with Crippen LogP contribution in [0.2, 0.25) is 0 Å². The van der Waals surface area contributed by atoms with Gasteiger partial charge in [-0.15, -0.1) is 0 Å². The molecule has 2 nitrogen and oxygen atoms in total. The van der Waals surface area contributed by atoms with Gasteiger partial charge in [0.2, 0.25) is 0 Å². The van der Waals surface area contributed by atoms with Gasteiger partial charge in [-0.25, -0.2) is 4.39 Å². The third kappa shape index (κ3) is 4.93. The zero-order valence-electron chi connectivity index (χ0n) is 17.6. The fraction of sp³-hybridized carbons (Fsp3) is 0.240. The van der Waals surface area contributed by atoms with Crippen molar-refractivity contribution in [3.8, 4) is 0 Å². The van der Waals surface area contributed by atoms with E-state index in [1.54, 1.807) is 24.4 Å². The Morgan fingerprint density at radius 1 is 0.912 bits per heavy atom. The van der Waals surface area contributed by atoms with Crippen molar-refractivity contribution in [3.63, 3.8) is 0 Å². The number of nitrogens with zero attached hydrogens (tertiary/aromatic N) is 1. The maximum Gasteiger partial charge on any atom is 0.416 e. The summed E-state index contributed by atoms with van der Waals surface area (Å²) < 4.78 is 99.0. The van der Waals surface area contributed by atoms with E-state index in [2.05, 4.69) is 11.6 Å². The summed E-state index contributed by atoms with van der Waals surface area (Å²) >= 11 is 0. The molecule has 1 aliphatic carbocycles. The Hall–Kier alpha value is -3.36. The highest BCUT2D eigenvalue weighted by Gasteiger charge is 2.38. The topological polar surface area (TPSA) is 22.1 Å².